The molecule has 1 amide bonds. The van der Waals surface area contributed by atoms with Crippen molar-refractivity contribution < 1.29 is 27.4 Å². The number of nitrogens with zero attached hydrogens (tertiary/aromatic N) is 2. The molecule has 2 heterocycles. The topological polar surface area (TPSA) is 65.4 Å². The lowest BCUT2D eigenvalue weighted by molar-refractivity contribution is -0.274. The number of alkyl halides is 3. The molecule has 1 aromatic heterocycles. The van der Waals surface area contributed by atoms with E-state index in [0.29, 0.717) is 12.2 Å². The predicted molar refractivity (Wildman–Crippen MR) is 86.9 cm³/mol. The van der Waals surface area contributed by atoms with Crippen LogP contribution in [0.2, 0.25) is 0 Å². The number of carbonyl (C=O) groups excluding carboxylic acids is 1. The summed E-state index contributed by atoms with van der Waals surface area (Å²) in [6.07, 6.45) is 1.74. The van der Waals surface area contributed by atoms with Crippen molar-refractivity contribution in [3.8, 4) is 5.75 Å². The van der Waals surface area contributed by atoms with Crippen LogP contribution in [0.25, 0.3) is 0 Å². The number of amides is 1. The quantitative estimate of drug-likeness (QED) is 0.875. The Morgan fingerprint density at radius 2 is 2.08 bits per heavy atom. The summed E-state index contributed by atoms with van der Waals surface area (Å²) in [5, 5.41) is 6.85. The first-order valence-corrected chi connectivity index (χ1v) is 8.20. The van der Waals surface area contributed by atoms with Gasteiger partial charge in [0.15, 0.2) is 0 Å². The van der Waals surface area contributed by atoms with Crippen LogP contribution in [0.5, 0.6) is 5.75 Å². The van der Waals surface area contributed by atoms with Gasteiger partial charge < -0.3 is 14.8 Å². The zero-order valence-corrected chi connectivity index (χ0v) is 13.8. The molecule has 1 atom stereocenters. The van der Waals surface area contributed by atoms with Crippen LogP contribution >= 0.6 is 0 Å². The number of hydrogen-bond donors (Lipinski definition) is 1. The van der Waals surface area contributed by atoms with Crippen molar-refractivity contribution in [2.75, 3.05) is 11.9 Å². The molecule has 1 aromatic carbocycles. The number of ether oxygens (including phenoxy) is 2. The van der Waals surface area contributed by atoms with Gasteiger partial charge in [0.25, 0.3) is 5.91 Å². The molecule has 0 saturated carbocycles. The lowest BCUT2D eigenvalue weighted by Gasteiger charge is -2.22. The Balaban J connectivity index is 1.56. The minimum Gasteiger partial charge on any atom is -0.406 e. The van der Waals surface area contributed by atoms with Gasteiger partial charge in [-0.2, -0.15) is 5.10 Å². The van der Waals surface area contributed by atoms with Crippen molar-refractivity contribution in [3.05, 3.63) is 42.2 Å². The van der Waals surface area contributed by atoms with Crippen LogP contribution in [-0.2, 0) is 11.3 Å². The molecule has 0 bridgehead atoms. The third-order valence-corrected chi connectivity index (χ3v) is 3.91. The molecule has 1 fully saturated rings. The highest BCUT2D eigenvalue weighted by Gasteiger charge is 2.31. The summed E-state index contributed by atoms with van der Waals surface area (Å²) in [6, 6.07) is 4.70. The Labute approximate surface area is 147 Å². The van der Waals surface area contributed by atoms with E-state index in [1.165, 1.54) is 18.3 Å². The van der Waals surface area contributed by atoms with Gasteiger partial charge in [0, 0.05) is 18.4 Å². The van der Waals surface area contributed by atoms with Gasteiger partial charge in [-0.05, 0) is 43.5 Å². The van der Waals surface area contributed by atoms with Crippen LogP contribution in [-0.4, -0.2) is 34.8 Å². The SMILES string of the molecule is O=C(Nc1cnn(CC2CCCCO2)c1)c1ccc(OC(F)(F)F)cc1. The molecule has 2 aromatic rings. The van der Waals surface area contributed by atoms with Crippen molar-refractivity contribution in [2.24, 2.45) is 0 Å². The molecule has 3 rings (SSSR count). The van der Waals surface area contributed by atoms with E-state index in [-0.39, 0.29) is 17.4 Å². The Bertz CT molecular complexity index is 738. The maximum absolute atomic E-state index is 12.2. The lowest BCUT2D eigenvalue weighted by Crippen LogP contribution is -2.24. The molecule has 0 radical (unpaired) electrons. The van der Waals surface area contributed by atoms with E-state index in [1.807, 2.05) is 0 Å². The normalized spacial score (nSPS) is 17.7. The van der Waals surface area contributed by atoms with Crippen molar-refractivity contribution in [3.63, 3.8) is 0 Å². The van der Waals surface area contributed by atoms with Crippen molar-refractivity contribution in [1.82, 2.24) is 9.78 Å². The minimum absolute atomic E-state index is 0.119. The second-order valence-electron chi connectivity index (χ2n) is 5.97. The van der Waals surface area contributed by atoms with Gasteiger partial charge in [-0.1, -0.05) is 0 Å². The molecule has 9 heteroatoms. The number of benzene rings is 1. The molecule has 140 valence electrons. The Kier molecular flexibility index (Phi) is 5.46. The molecule has 0 spiro atoms. The van der Waals surface area contributed by atoms with E-state index in [1.54, 1.807) is 10.9 Å². The number of nitrogens with one attached hydrogen (secondary N) is 1. The van der Waals surface area contributed by atoms with Gasteiger partial charge in [0.1, 0.15) is 5.75 Å². The first-order valence-electron chi connectivity index (χ1n) is 8.20. The van der Waals surface area contributed by atoms with Crippen LogP contribution in [0, 0.1) is 0 Å². The highest BCUT2D eigenvalue weighted by atomic mass is 19.4. The van der Waals surface area contributed by atoms with E-state index in [9.17, 15) is 18.0 Å². The van der Waals surface area contributed by atoms with E-state index in [0.717, 1.165) is 38.0 Å². The second-order valence-corrected chi connectivity index (χ2v) is 5.97. The molecular formula is C17H18F3N3O3. The molecule has 6 nitrogen and oxygen atoms in total. The molecular weight excluding hydrogens is 351 g/mol. The Hall–Kier alpha value is -2.55. The minimum atomic E-state index is -4.76. The monoisotopic (exact) mass is 369 g/mol. The second kappa shape index (κ2) is 7.77. The van der Waals surface area contributed by atoms with E-state index < -0.39 is 12.3 Å². The summed E-state index contributed by atoms with van der Waals surface area (Å²) in [4.78, 5) is 12.2. The third kappa shape index (κ3) is 5.22. The third-order valence-electron chi connectivity index (χ3n) is 3.91. The summed E-state index contributed by atoms with van der Waals surface area (Å²) in [7, 11) is 0. The van der Waals surface area contributed by atoms with Gasteiger partial charge >= 0.3 is 6.36 Å². The van der Waals surface area contributed by atoms with Crippen LogP contribution < -0.4 is 10.1 Å². The van der Waals surface area contributed by atoms with Crippen LogP contribution in [0.4, 0.5) is 18.9 Å². The maximum Gasteiger partial charge on any atom is 0.573 e. The predicted octanol–water partition coefficient (Wildman–Crippen LogP) is 3.60. The van der Waals surface area contributed by atoms with E-state index in [4.69, 9.17) is 4.74 Å². The smallest absolute Gasteiger partial charge is 0.406 e. The number of halogens is 3. The fourth-order valence-corrected chi connectivity index (χ4v) is 2.70. The highest BCUT2D eigenvalue weighted by molar-refractivity contribution is 6.04. The average Bonchev–Trinajstić information content (AvgIpc) is 3.02. The summed E-state index contributed by atoms with van der Waals surface area (Å²) in [6.45, 7) is 1.36. The fraction of sp³-hybridized carbons (Fsp3) is 0.412. The van der Waals surface area contributed by atoms with E-state index >= 15 is 0 Å². The van der Waals surface area contributed by atoms with Crippen molar-refractivity contribution in [2.45, 2.75) is 38.3 Å². The van der Waals surface area contributed by atoms with Gasteiger partial charge in [0.05, 0.1) is 24.5 Å². The Morgan fingerprint density at radius 3 is 2.73 bits per heavy atom. The number of anilines is 1. The lowest BCUT2D eigenvalue weighted by atomic mass is 10.1. The summed E-state index contributed by atoms with van der Waals surface area (Å²) in [5.74, 6) is -0.827. The van der Waals surface area contributed by atoms with Gasteiger partial charge in [-0.3, -0.25) is 9.48 Å². The zero-order valence-electron chi connectivity index (χ0n) is 13.8. The first kappa shape index (κ1) is 18.2. The fourth-order valence-electron chi connectivity index (χ4n) is 2.70. The number of rotatable bonds is 5. The molecule has 1 saturated heterocycles. The molecule has 1 N–H and O–H groups in total. The molecule has 1 aliphatic heterocycles. The molecule has 1 aliphatic rings. The maximum atomic E-state index is 12.2. The van der Waals surface area contributed by atoms with Crippen LogP contribution in [0.15, 0.2) is 36.7 Å². The molecule has 26 heavy (non-hydrogen) atoms. The first-order chi connectivity index (χ1) is 12.4. The molecule has 0 aliphatic carbocycles. The number of hydrogen-bond acceptors (Lipinski definition) is 4. The summed E-state index contributed by atoms with van der Waals surface area (Å²) in [5.41, 5.74) is 0.712. The van der Waals surface area contributed by atoms with Crippen LogP contribution in [0.3, 0.4) is 0 Å². The highest BCUT2D eigenvalue weighted by Crippen LogP contribution is 2.23. The van der Waals surface area contributed by atoms with Crippen molar-refractivity contribution in [1.29, 1.82) is 0 Å². The summed E-state index contributed by atoms with van der Waals surface area (Å²) >= 11 is 0. The largest absolute Gasteiger partial charge is 0.573 e. The average molecular weight is 369 g/mol. The van der Waals surface area contributed by atoms with Crippen molar-refractivity contribution >= 4 is 11.6 Å². The number of carbonyl (C=O) groups is 1. The van der Waals surface area contributed by atoms with Gasteiger partial charge in [-0.15, -0.1) is 13.2 Å². The molecule has 1 unspecified atom stereocenters. The Morgan fingerprint density at radius 1 is 1.31 bits per heavy atom. The summed E-state index contributed by atoms with van der Waals surface area (Å²) < 4.78 is 47.5. The standard InChI is InChI=1S/C17H18F3N3O3/c18-17(19,20)26-14-6-4-12(5-7-14)16(24)22-13-9-21-23(10-13)11-15-3-1-2-8-25-15/h4-7,9-10,15H,1-3,8,11H2,(H,22,24). The van der Waals surface area contributed by atoms with E-state index in [2.05, 4.69) is 15.2 Å². The number of aromatic nitrogens is 2. The van der Waals surface area contributed by atoms with Crippen LogP contribution in [0.1, 0.15) is 29.6 Å². The van der Waals surface area contributed by atoms with Gasteiger partial charge in [-0.25, -0.2) is 0 Å². The van der Waals surface area contributed by atoms with Gasteiger partial charge in [0.2, 0.25) is 0 Å². The zero-order chi connectivity index (χ0) is 18.6.